The first-order valence-electron chi connectivity index (χ1n) is 6.83. The molecule has 6 nitrogen and oxygen atoms in total. The van der Waals surface area contributed by atoms with Crippen molar-refractivity contribution in [3.8, 4) is 5.75 Å². The van der Waals surface area contributed by atoms with E-state index in [1.807, 2.05) is 11.9 Å². The van der Waals surface area contributed by atoms with Crippen LogP contribution in [0.15, 0.2) is 18.2 Å². The number of hydrogen-bond acceptors (Lipinski definition) is 5. The van der Waals surface area contributed by atoms with Crippen LogP contribution >= 0.6 is 0 Å². The number of nitro groups is 1. The molecule has 1 aliphatic rings. The Hall–Kier alpha value is -1.82. The zero-order chi connectivity index (χ0) is 14.7. The number of anilines is 1. The summed E-state index contributed by atoms with van der Waals surface area (Å²) in [6.45, 7) is 0.618. The summed E-state index contributed by atoms with van der Waals surface area (Å²) in [5, 5.41) is 11.2. The average Bonchev–Trinajstić information content (AvgIpc) is 2.94. The topological polar surface area (TPSA) is 81.6 Å². The Morgan fingerprint density at radius 3 is 2.85 bits per heavy atom. The molecule has 2 unspecified atom stereocenters. The summed E-state index contributed by atoms with van der Waals surface area (Å²) in [4.78, 5) is 12.8. The van der Waals surface area contributed by atoms with E-state index in [1.165, 1.54) is 6.07 Å². The zero-order valence-electron chi connectivity index (χ0n) is 11.9. The number of hydrogen-bond donors (Lipinski definition) is 1. The van der Waals surface area contributed by atoms with E-state index in [1.54, 1.807) is 19.2 Å². The van der Waals surface area contributed by atoms with Gasteiger partial charge < -0.3 is 15.4 Å². The number of benzene rings is 1. The van der Waals surface area contributed by atoms with Gasteiger partial charge in [-0.05, 0) is 31.4 Å². The van der Waals surface area contributed by atoms with Gasteiger partial charge in [-0.2, -0.15) is 0 Å². The fraction of sp³-hybridized carbons (Fsp3) is 0.571. The Morgan fingerprint density at radius 2 is 2.25 bits per heavy atom. The molecule has 0 radical (unpaired) electrons. The van der Waals surface area contributed by atoms with Gasteiger partial charge in [-0.15, -0.1) is 0 Å². The first-order chi connectivity index (χ1) is 9.58. The average molecular weight is 279 g/mol. The van der Waals surface area contributed by atoms with Crippen LogP contribution < -0.4 is 15.4 Å². The van der Waals surface area contributed by atoms with Gasteiger partial charge >= 0.3 is 0 Å². The van der Waals surface area contributed by atoms with Crippen LogP contribution in [0.1, 0.15) is 19.3 Å². The predicted octanol–water partition coefficient (Wildman–Crippen LogP) is 2.17. The zero-order valence-corrected chi connectivity index (χ0v) is 11.9. The first-order valence-corrected chi connectivity index (χ1v) is 6.83. The summed E-state index contributed by atoms with van der Waals surface area (Å²) >= 11 is 0. The lowest BCUT2D eigenvalue weighted by molar-refractivity contribution is -0.384. The Bertz CT molecular complexity index is 493. The second kappa shape index (κ2) is 6.09. The van der Waals surface area contributed by atoms with Crippen molar-refractivity contribution in [2.45, 2.75) is 25.3 Å². The number of rotatable bonds is 5. The van der Waals surface area contributed by atoms with Crippen molar-refractivity contribution >= 4 is 11.4 Å². The minimum absolute atomic E-state index is 0.107. The summed E-state index contributed by atoms with van der Waals surface area (Å²) in [5.41, 5.74) is 6.51. The molecule has 0 aromatic heterocycles. The number of nitro benzene ring substituents is 1. The molecule has 0 bridgehead atoms. The van der Waals surface area contributed by atoms with Crippen molar-refractivity contribution < 1.29 is 9.66 Å². The van der Waals surface area contributed by atoms with Gasteiger partial charge in [-0.25, -0.2) is 0 Å². The molecular formula is C14H21N3O3. The highest BCUT2D eigenvalue weighted by atomic mass is 16.6. The van der Waals surface area contributed by atoms with E-state index >= 15 is 0 Å². The molecule has 110 valence electrons. The lowest BCUT2D eigenvalue weighted by Crippen LogP contribution is -2.38. The second-order valence-electron chi connectivity index (χ2n) is 5.22. The quantitative estimate of drug-likeness (QED) is 0.660. The summed E-state index contributed by atoms with van der Waals surface area (Å²) in [7, 11) is 3.46. The molecule has 1 aromatic rings. The van der Waals surface area contributed by atoms with Gasteiger partial charge in [0.1, 0.15) is 11.4 Å². The van der Waals surface area contributed by atoms with Gasteiger partial charge in [-0.1, -0.05) is 6.42 Å². The number of nitrogens with zero attached hydrogens (tertiary/aromatic N) is 2. The number of methoxy groups -OCH3 is 1. The second-order valence-corrected chi connectivity index (χ2v) is 5.22. The molecule has 0 spiro atoms. The molecule has 1 aliphatic carbocycles. The van der Waals surface area contributed by atoms with Crippen LogP contribution in [-0.4, -0.2) is 31.7 Å². The molecule has 2 atom stereocenters. The van der Waals surface area contributed by atoms with Crippen molar-refractivity contribution in [1.82, 2.24) is 0 Å². The van der Waals surface area contributed by atoms with Crippen LogP contribution in [0.25, 0.3) is 0 Å². The SMILES string of the molecule is COc1ccc([N+](=O)[O-])c(N(C)C2CCCC2CN)c1. The van der Waals surface area contributed by atoms with Crippen LogP contribution in [0.4, 0.5) is 11.4 Å². The largest absolute Gasteiger partial charge is 0.497 e. The number of ether oxygens (including phenoxy) is 1. The van der Waals surface area contributed by atoms with Crippen LogP contribution in [0.5, 0.6) is 5.75 Å². The molecule has 6 heteroatoms. The fourth-order valence-corrected chi connectivity index (χ4v) is 3.05. The maximum Gasteiger partial charge on any atom is 0.292 e. The third-order valence-corrected chi connectivity index (χ3v) is 4.18. The van der Waals surface area contributed by atoms with Gasteiger partial charge in [0.2, 0.25) is 0 Å². The van der Waals surface area contributed by atoms with E-state index in [0.29, 0.717) is 23.9 Å². The maximum absolute atomic E-state index is 11.2. The van der Waals surface area contributed by atoms with Crippen molar-refractivity contribution in [1.29, 1.82) is 0 Å². The number of nitrogens with two attached hydrogens (primary N) is 1. The van der Waals surface area contributed by atoms with E-state index < -0.39 is 0 Å². The lowest BCUT2D eigenvalue weighted by atomic mass is 10.0. The highest BCUT2D eigenvalue weighted by Gasteiger charge is 2.32. The molecule has 20 heavy (non-hydrogen) atoms. The van der Waals surface area contributed by atoms with Gasteiger partial charge in [0.05, 0.1) is 12.0 Å². The summed E-state index contributed by atoms with van der Waals surface area (Å²) in [6, 6.07) is 5.09. The summed E-state index contributed by atoms with van der Waals surface area (Å²) in [6.07, 6.45) is 3.23. The molecule has 2 N–H and O–H groups in total. The Kier molecular flexibility index (Phi) is 4.44. The highest BCUT2D eigenvalue weighted by molar-refractivity contribution is 5.66. The molecule has 0 saturated heterocycles. The smallest absolute Gasteiger partial charge is 0.292 e. The van der Waals surface area contributed by atoms with Crippen molar-refractivity contribution in [3.63, 3.8) is 0 Å². The predicted molar refractivity (Wildman–Crippen MR) is 78.2 cm³/mol. The molecular weight excluding hydrogens is 258 g/mol. The molecule has 2 rings (SSSR count). The van der Waals surface area contributed by atoms with Crippen LogP contribution in [0, 0.1) is 16.0 Å². The van der Waals surface area contributed by atoms with E-state index in [-0.39, 0.29) is 16.7 Å². The van der Waals surface area contributed by atoms with E-state index in [2.05, 4.69) is 0 Å². The first kappa shape index (κ1) is 14.6. The molecule has 1 aromatic carbocycles. The summed E-state index contributed by atoms with van der Waals surface area (Å²) in [5.74, 6) is 1.02. The van der Waals surface area contributed by atoms with E-state index in [4.69, 9.17) is 10.5 Å². The maximum atomic E-state index is 11.2. The monoisotopic (exact) mass is 279 g/mol. The summed E-state index contributed by atoms with van der Waals surface area (Å²) < 4.78 is 5.18. The van der Waals surface area contributed by atoms with Gasteiger partial charge in [0.15, 0.2) is 0 Å². The van der Waals surface area contributed by atoms with Crippen molar-refractivity contribution in [3.05, 3.63) is 28.3 Å². The van der Waals surface area contributed by atoms with Crippen LogP contribution in [0.3, 0.4) is 0 Å². The molecule has 1 saturated carbocycles. The highest BCUT2D eigenvalue weighted by Crippen LogP contribution is 2.37. The van der Waals surface area contributed by atoms with E-state index in [0.717, 1.165) is 19.3 Å². The molecule has 1 fully saturated rings. The third-order valence-electron chi connectivity index (χ3n) is 4.18. The lowest BCUT2D eigenvalue weighted by Gasteiger charge is -2.30. The van der Waals surface area contributed by atoms with Crippen LogP contribution in [-0.2, 0) is 0 Å². The van der Waals surface area contributed by atoms with Crippen LogP contribution in [0.2, 0.25) is 0 Å². The standard InChI is InChI=1S/C14H21N3O3/c1-16(12-5-3-4-10(12)9-15)14-8-11(20-2)6-7-13(14)17(18)19/h6-8,10,12H,3-5,9,15H2,1-2H3. The Morgan fingerprint density at radius 1 is 1.50 bits per heavy atom. The third kappa shape index (κ3) is 2.70. The van der Waals surface area contributed by atoms with Gasteiger partial charge in [-0.3, -0.25) is 10.1 Å². The molecule has 0 aliphatic heterocycles. The molecule has 0 heterocycles. The van der Waals surface area contributed by atoms with Gasteiger partial charge in [0, 0.05) is 25.2 Å². The fourth-order valence-electron chi connectivity index (χ4n) is 3.05. The Labute approximate surface area is 118 Å². The minimum Gasteiger partial charge on any atom is -0.497 e. The molecule has 0 amide bonds. The van der Waals surface area contributed by atoms with Gasteiger partial charge in [0.25, 0.3) is 5.69 Å². The van der Waals surface area contributed by atoms with Crippen molar-refractivity contribution in [2.75, 3.05) is 25.6 Å². The van der Waals surface area contributed by atoms with Crippen molar-refractivity contribution in [2.24, 2.45) is 11.7 Å². The normalized spacial score (nSPS) is 21.8. The Balaban J connectivity index is 2.36. The van der Waals surface area contributed by atoms with E-state index in [9.17, 15) is 10.1 Å². The minimum atomic E-state index is -0.350.